The van der Waals surface area contributed by atoms with Gasteiger partial charge in [0.25, 0.3) is 0 Å². The van der Waals surface area contributed by atoms with Crippen molar-refractivity contribution in [3.8, 4) is 11.5 Å². The molecule has 0 spiro atoms. The highest BCUT2D eigenvalue weighted by Gasteiger charge is 2.52. The summed E-state index contributed by atoms with van der Waals surface area (Å²) in [4.78, 5) is 13.3. The lowest BCUT2D eigenvalue weighted by atomic mass is 9.85. The van der Waals surface area contributed by atoms with Crippen LogP contribution in [0, 0.1) is 0 Å². The van der Waals surface area contributed by atoms with E-state index < -0.39 is 11.7 Å². The van der Waals surface area contributed by atoms with Gasteiger partial charge in [-0.25, -0.2) is 0 Å². The van der Waals surface area contributed by atoms with Crippen LogP contribution in [0.2, 0.25) is 0 Å². The predicted molar refractivity (Wildman–Crippen MR) is 131 cm³/mol. The summed E-state index contributed by atoms with van der Waals surface area (Å²) in [6.07, 6.45) is -1.29. The summed E-state index contributed by atoms with van der Waals surface area (Å²) in [5.41, 5.74) is 2.22. The van der Waals surface area contributed by atoms with Gasteiger partial charge in [0.2, 0.25) is 5.91 Å². The summed E-state index contributed by atoms with van der Waals surface area (Å²) in [7, 11) is 0. The third-order valence-electron chi connectivity index (χ3n) is 7.27. The number of anilines is 1. The molecule has 3 aromatic rings. The average Bonchev–Trinajstić information content (AvgIpc) is 3.45. The normalized spacial score (nSPS) is 17.4. The average molecular weight is 501 g/mol. The molecule has 1 amide bonds. The smallest absolute Gasteiger partial charge is 0.396 e. The van der Waals surface area contributed by atoms with Gasteiger partial charge in [-0.05, 0) is 67.6 Å². The lowest BCUT2D eigenvalue weighted by Crippen LogP contribution is -2.27. The Morgan fingerprint density at radius 2 is 1.81 bits per heavy atom. The predicted octanol–water partition coefficient (Wildman–Crippen LogP) is 4.68. The number of ether oxygens (including phenoxy) is 2. The highest BCUT2D eigenvalue weighted by atomic mass is 19.3. The molecule has 2 aromatic carbocycles. The van der Waals surface area contributed by atoms with E-state index in [0.29, 0.717) is 43.5 Å². The maximum absolute atomic E-state index is 13.4. The lowest BCUT2D eigenvalue weighted by molar-refractivity contribution is -0.286. The van der Waals surface area contributed by atoms with Crippen LogP contribution in [0.4, 0.5) is 14.5 Å². The van der Waals surface area contributed by atoms with Gasteiger partial charge in [0.1, 0.15) is 0 Å². The first-order valence-electron chi connectivity index (χ1n) is 12.2. The number of nitrogens with zero attached hydrogens (tertiary/aromatic N) is 1. The number of aliphatic hydroxyl groups excluding tert-OH is 2. The van der Waals surface area contributed by atoms with Crippen molar-refractivity contribution in [3.05, 3.63) is 53.7 Å². The van der Waals surface area contributed by atoms with Crippen molar-refractivity contribution in [3.63, 3.8) is 0 Å². The van der Waals surface area contributed by atoms with Crippen molar-refractivity contribution < 1.29 is 33.3 Å². The van der Waals surface area contributed by atoms with Crippen LogP contribution in [0.25, 0.3) is 10.9 Å². The quantitative estimate of drug-likeness (QED) is 0.397. The van der Waals surface area contributed by atoms with Crippen molar-refractivity contribution in [1.29, 1.82) is 0 Å². The highest BCUT2D eigenvalue weighted by Crippen LogP contribution is 2.52. The number of amides is 1. The fourth-order valence-corrected chi connectivity index (χ4v) is 5.06. The molecule has 0 unspecified atom stereocenters. The summed E-state index contributed by atoms with van der Waals surface area (Å²) in [5, 5.41) is 22.9. The number of aryl methyl sites for hydroxylation is 1. The van der Waals surface area contributed by atoms with Crippen molar-refractivity contribution in [1.82, 2.24) is 4.57 Å². The number of hydrogen-bond donors (Lipinski definition) is 3. The van der Waals surface area contributed by atoms with E-state index in [2.05, 4.69) is 39.3 Å². The molecule has 0 atom stereocenters. The number of aromatic nitrogens is 1. The SMILES string of the molecule is CC(C)(CCO)c1cc2cc(NC(=O)C3(c4ccc5c(c4)OC(F)(F)O5)CC3)ccc2n1CCCO. The van der Waals surface area contributed by atoms with Gasteiger partial charge in [-0.3, -0.25) is 4.79 Å². The molecule has 0 radical (unpaired) electrons. The second kappa shape index (κ2) is 8.74. The molecule has 1 aliphatic heterocycles. The van der Waals surface area contributed by atoms with E-state index in [0.717, 1.165) is 16.6 Å². The number of nitrogens with one attached hydrogen (secondary N) is 1. The van der Waals surface area contributed by atoms with Crippen LogP contribution in [0.3, 0.4) is 0 Å². The van der Waals surface area contributed by atoms with Crippen molar-refractivity contribution in [2.75, 3.05) is 18.5 Å². The number of hydrogen-bond acceptors (Lipinski definition) is 5. The highest BCUT2D eigenvalue weighted by molar-refractivity contribution is 6.02. The number of aliphatic hydroxyl groups is 2. The third kappa shape index (κ3) is 4.30. The summed E-state index contributed by atoms with van der Waals surface area (Å²) in [6, 6.07) is 12.3. The number of halogens is 2. The van der Waals surface area contributed by atoms with E-state index in [1.165, 1.54) is 12.1 Å². The molecule has 192 valence electrons. The summed E-state index contributed by atoms with van der Waals surface area (Å²) in [6.45, 7) is 4.94. The molecule has 9 heteroatoms. The molecular formula is C27H30F2N2O5. The van der Waals surface area contributed by atoms with Gasteiger partial charge < -0.3 is 29.6 Å². The maximum atomic E-state index is 13.4. The van der Waals surface area contributed by atoms with E-state index in [1.54, 1.807) is 6.07 Å². The number of rotatable bonds is 9. The van der Waals surface area contributed by atoms with Crippen molar-refractivity contribution in [2.45, 2.75) is 63.2 Å². The van der Waals surface area contributed by atoms with Crippen LogP contribution in [-0.2, 0) is 22.2 Å². The molecule has 3 N–H and O–H groups in total. The van der Waals surface area contributed by atoms with E-state index in [4.69, 9.17) is 0 Å². The molecule has 1 aromatic heterocycles. The number of alkyl halides is 2. The van der Waals surface area contributed by atoms with E-state index in [-0.39, 0.29) is 36.0 Å². The summed E-state index contributed by atoms with van der Waals surface area (Å²) in [5.74, 6) is -0.315. The van der Waals surface area contributed by atoms with Crippen molar-refractivity contribution in [2.24, 2.45) is 0 Å². The lowest BCUT2D eigenvalue weighted by Gasteiger charge is -2.26. The standard InChI is InChI=1S/C27H30F2N2O5/c1-25(2,10-13-33)23-15-17-14-19(5-6-20(17)31(23)11-3-12-32)30-24(34)26(8-9-26)18-4-7-21-22(16-18)36-27(28,29)35-21/h4-7,14-16,32-33H,3,8-13H2,1-2H3,(H,30,34). The second-order valence-electron chi connectivity index (χ2n) is 10.3. The monoisotopic (exact) mass is 500 g/mol. The number of benzene rings is 2. The summed E-state index contributed by atoms with van der Waals surface area (Å²) < 4.78 is 38.0. The van der Waals surface area contributed by atoms with E-state index >= 15 is 0 Å². The van der Waals surface area contributed by atoms with Gasteiger partial charge in [-0.15, -0.1) is 8.78 Å². The number of carbonyl (C=O) groups excluding carboxylic acids is 1. The zero-order valence-electron chi connectivity index (χ0n) is 20.3. The van der Waals surface area contributed by atoms with Crippen LogP contribution < -0.4 is 14.8 Å². The molecule has 1 fully saturated rings. The molecule has 7 nitrogen and oxygen atoms in total. The minimum absolute atomic E-state index is 0.0453. The largest absolute Gasteiger partial charge is 0.586 e. The molecule has 1 saturated carbocycles. The Balaban J connectivity index is 1.41. The molecular weight excluding hydrogens is 470 g/mol. The summed E-state index contributed by atoms with van der Waals surface area (Å²) >= 11 is 0. The van der Waals surface area contributed by atoms with Crippen LogP contribution in [0.15, 0.2) is 42.5 Å². The minimum Gasteiger partial charge on any atom is -0.396 e. The van der Waals surface area contributed by atoms with E-state index in [9.17, 15) is 23.8 Å². The second-order valence-corrected chi connectivity index (χ2v) is 10.3. The maximum Gasteiger partial charge on any atom is 0.586 e. The zero-order chi connectivity index (χ0) is 25.7. The first kappa shape index (κ1) is 24.5. The van der Waals surface area contributed by atoms with Gasteiger partial charge in [-0.1, -0.05) is 19.9 Å². The Morgan fingerprint density at radius 3 is 2.50 bits per heavy atom. The topological polar surface area (TPSA) is 93.0 Å². The molecule has 0 bridgehead atoms. The van der Waals surface area contributed by atoms with Crippen LogP contribution in [0.1, 0.15) is 50.8 Å². The Morgan fingerprint density at radius 1 is 1.06 bits per heavy atom. The Labute approximate surface area is 207 Å². The molecule has 2 heterocycles. The molecule has 0 saturated heterocycles. The van der Waals surface area contributed by atoms with Crippen LogP contribution in [-0.4, -0.2) is 40.2 Å². The fourth-order valence-electron chi connectivity index (χ4n) is 5.06. The number of fused-ring (bicyclic) bond motifs is 2. The Bertz CT molecular complexity index is 1310. The Kier molecular flexibility index (Phi) is 5.95. The fraction of sp³-hybridized carbons (Fsp3) is 0.444. The molecule has 1 aliphatic carbocycles. The first-order chi connectivity index (χ1) is 17.1. The van der Waals surface area contributed by atoms with Gasteiger partial charge in [0, 0.05) is 47.5 Å². The third-order valence-corrected chi connectivity index (χ3v) is 7.27. The number of carbonyl (C=O) groups is 1. The molecule has 5 rings (SSSR count). The van der Waals surface area contributed by atoms with Crippen LogP contribution in [0.5, 0.6) is 11.5 Å². The Hall–Kier alpha value is -3.17. The van der Waals surface area contributed by atoms with Crippen LogP contribution >= 0.6 is 0 Å². The zero-order valence-corrected chi connectivity index (χ0v) is 20.3. The van der Waals surface area contributed by atoms with Crippen molar-refractivity contribution >= 4 is 22.5 Å². The molecule has 36 heavy (non-hydrogen) atoms. The van der Waals surface area contributed by atoms with Gasteiger partial charge in [-0.2, -0.15) is 0 Å². The van der Waals surface area contributed by atoms with Gasteiger partial charge in [0.05, 0.1) is 5.41 Å². The van der Waals surface area contributed by atoms with E-state index in [1.807, 2.05) is 18.2 Å². The minimum atomic E-state index is -3.70. The molecule has 2 aliphatic rings. The first-order valence-corrected chi connectivity index (χ1v) is 12.2. The van der Waals surface area contributed by atoms with Gasteiger partial charge >= 0.3 is 6.29 Å². The van der Waals surface area contributed by atoms with Gasteiger partial charge in [0.15, 0.2) is 11.5 Å².